The summed E-state index contributed by atoms with van der Waals surface area (Å²) in [6, 6.07) is 14.4. The van der Waals surface area contributed by atoms with Crippen molar-refractivity contribution in [3.8, 4) is 0 Å². The van der Waals surface area contributed by atoms with Gasteiger partial charge in [0.1, 0.15) is 4.88 Å². The molecular weight excluding hydrogens is 332 g/mol. The number of para-hydroxylation sites is 1. The molecule has 0 atom stereocenters. The van der Waals surface area contributed by atoms with Crippen LogP contribution in [0.15, 0.2) is 42.5 Å². The number of aromatic nitrogens is 3. The van der Waals surface area contributed by atoms with E-state index in [1.54, 1.807) is 0 Å². The Balaban J connectivity index is 1.77. The minimum absolute atomic E-state index is 0.148. The van der Waals surface area contributed by atoms with Gasteiger partial charge in [-0.2, -0.15) is 0 Å². The number of hydrogen-bond donors (Lipinski definition) is 1. The molecule has 0 unspecified atom stereocenters. The van der Waals surface area contributed by atoms with Gasteiger partial charge in [-0.25, -0.2) is 0 Å². The van der Waals surface area contributed by atoms with Gasteiger partial charge in [0, 0.05) is 34.0 Å². The van der Waals surface area contributed by atoms with Gasteiger partial charge < -0.3 is 9.88 Å². The topological polar surface area (TPSA) is 59.8 Å². The number of fused-ring (bicyclic) bond motifs is 3. The maximum atomic E-state index is 12.5. The second-order valence-electron chi connectivity index (χ2n) is 5.85. The molecule has 4 rings (SSSR count). The summed E-state index contributed by atoms with van der Waals surface area (Å²) in [5, 5.41) is 9.34. The van der Waals surface area contributed by atoms with Crippen LogP contribution in [0.4, 0.5) is 5.69 Å². The largest absolute Gasteiger partial charge is 0.341 e. The molecule has 0 aliphatic carbocycles. The number of nitrogens with one attached hydrogen (secondary N) is 1. The van der Waals surface area contributed by atoms with Gasteiger partial charge >= 0.3 is 0 Å². The molecule has 25 heavy (non-hydrogen) atoms. The lowest BCUT2D eigenvalue weighted by Gasteiger charge is -2.06. The van der Waals surface area contributed by atoms with Crippen LogP contribution in [-0.4, -0.2) is 20.1 Å². The molecule has 0 saturated heterocycles. The van der Waals surface area contributed by atoms with Crippen molar-refractivity contribution in [3.05, 3.63) is 53.0 Å². The highest BCUT2D eigenvalue weighted by molar-refractivity contribution is 7.08. The van der Waals surface area contributed by atoms with E-state index in [9.17, 15) is 4.79 Å². The molecule has 0 spiro atoms. The Morgan fingerprint density at radius 2 is 1.92 bits per heavy atom. The molecular formula is C19H18N4OS. The molecule has 1 amide bonds. The third kappa shape index (κ3) is 2.59. The summed E-state index contributed by atoms with van der Waals surface area (Å²) >= 11 is 1.14. The zero-order chi connectivity index (χ0) is 17.4. The Morgan fingerprint density at radius 3 is 2.72 bits per heavy atom. The van der Waals surface area contributed by atoms with E-state index in [1.165, 1.54) is 16.4 Å². The first-order valence-electron chi connectivity index (χ1n) is 8.36. The van der Waals surface area contributed by atoms with Crippen molar-refractivity contribution in [2.45, 2.75) is 26.8 Å². The summed E-state index contributed by atoms with van der Waals surface area (Å²) < 4.78 is 6.18. The molecule has 2 aromatic heterocycles. The molecule has 2 heterocycles. The van der Waals surface area contributed by atoms with Crippen LogP contribution in [0.3, 0.4) is 0 Å². The quantitative estimate of drug-likeness (QED) is 0.590. The van der Waals surface area contributed by atoms with Crippen LogP contribution in [0, 0.1) is 0 Å². The Labute approximate surface area is 149 Å². The highest BCUT2D eigenvalue weighted by Gasteiger charge is 2.16. The molecule has 6 heteroatoms. The molecule has 126 valence electrons. The summed E-state index contributed by atoms with van der Waals surface area (Å²) in [4.78, 5) is 13.1. The molecule has 0 aliphatic rings. The van der Waals surface area contributed by atoms with Crippen molar-refractivity contribution in [2.24, 2.45) is 0 Å². The lowest BCUT2D eigenvalue weighted by Crippen LogP contribution is -2.12. The van der Waals surface area contributed by atoms with Crippen molar-refractivity contribution in [1.29, 1.82) is 0 Å². The number of carbonyl (C=O) groups excluding carboxylic acids is 1. The van der Waals surface area contributed by atoms with E-state index in [1.807, 2.05) is 25.1 Å². The fourth-order valence-electron chi connectivity index (χ4n) is 3.27. The van der Waals surface area contributed by atoms with Gasteiger partial charge in [0.2, 0.25) is 0 Å². The number of amides is 1. The van der Waals surface area contributed by atoms with E-state index in [0.29, 0.717) is 11.3 Å². The third-order valence-corrected chi connectivity index (χ3v) is 5.21. The highest BCUT2D eigenvalue weighted by Crippen LogP contribution is 2.31. The molecule has 0 saturated carbocycles. The predicted molar refractivity (Wildman–Crippen MR) is 102 cm³/mol. The molecule has 0 bridgehead atoms. The van der Waals surface area contributed by atoms with Gasteiger partial charge in [0.25, 0.3) is 5.91 Å². The lowest BCUT2D eigenvalue weighted by atomic mass is 10.1. The number of aryl methyl sites for hydroxylation is 2. The van der Waals surface area contributed by atoms with E-state index >= 15 is 0 Å². The first-order valence-corrected chi connectivity index (χ1v) is 9.13. The number of hydrogen-bond acceptors (Lipinski definition) is 4. The molecule has 1 N–H and O–H groups in total. The van der Waals surface area contributed by atoms with Gasteiger partial charge in [0.05, 0.1) is 5.69 Å². The summed E-state index contributed by atoms with van der Waals surface area (Å²) in [5.41, 5.74) is 3.91. The van der Waals surface area contributed by atoms with E-state index in [0.717, 1.165) is 34.8 Å². The average molecular weight is 350 g/mol. The number of nitrogens with zero attached hydrogens (tertiary/aromatic N) is 3. The second kappa shape index (κ2) is 6.29. The normalized spacial score (nSPS) is 11.3. The van der Waals surface area contributed by atoms with Crippen LogP contribution in [0.1, 0.15) is 29.2 Å². The number of benzene rings is 2. The van der Waals surface area contributed by atoms with E-state index in [-0.39, 0.29) is 5.91 Å². The smallest absolute Gasteiger partial charge is 0.269 e. The SMILES string of the molecule is CCc1nnsc1C(=O)Nc1ccc2c(c1)c1ccccc1n2CC. The van der Waals surface area contributed by atoms with Gasteiger partial charge in [-0.15, -0.1) is 5.10 Å². The van der Waals surface area contributed by atoms with Crippen molar-refractivity contribution in [1.82, 2.24) is 14.2 Å². The van der Waals surface area contributed by atoms with E-state index in [2.05, 4.69) is 50.7 Å². The van der Waals surface area contributed by atoms with Crippen molar-refractivity contribution >= 4 is 44.9 Å². The third-order valence-electron chi connectivity index (χ3n) is 4.44. The Kier molecular flexibility index (Phi) is 3.97. The lowest BCUT2D eigenvalue weighted by molar-refractivity contribution is 0.102. The predicted octanol–water partition coefficient (Wildman–Crippen LogP) is 4.48. The first kappa shape index (κ1) is 15.8. The molecule has 2 aromatic carbocycles. The fraction of sp³-hybridized carbons (Fsp3) is 0.211. The van der Waals surface area contributed by atoms with Crippen LogP contribution >= 0.6 is 11.5 Å². The van der Waals surface area contributed by atoms with Crippen LogP contribution < -0.4 is 5.32 Å². The van der Waals surface area contributed by atoms with Crippen molar-refractivity contribution in [2.75, 3.05) is 5.32 Å². The van der Waals surface area contributed by atoms with Crippen LogP contribution in [0.2, 0.25) is 0 Å². The van der Waals surface area contributed by atoms with Crippen molar-refractivity contribution < 1.29 is 4.79 Å². The molecule has 0 aliphatic heterocycles. The Morgan fingerprint density at radius 1 is 1.12 bits per heavy atom. The van der Waals surface area contributed by atoms with Gasteiger partial charge in [-0.1, -0.05) is 29.6 Å². The minimum Gasteiger partial charge on any atom is -0.341 e. The molecule has 0 fully saturated rings. The molecule has 5 nitrogen and oxygen atoms in total. The Hall–Kier alpha value is -2.73. The highest BCUT2D eigenvalue weighted by atomic mass is 32.1. The number of rotatable bonds is 4. The van der Waals surface area contributed by atoms with E-state index in [4.69, 9.17) is 0 Å². The van der Waals surface area contributed by atoms with Gasteiger partial charge in [0.15, 0.2) is 0 Å². The minimum atomic E-state index is -0.148. The van der Waals surface area contributed by atoms with Crippen LogP contribution in [0.25, 0.3) is 21.8 Å². The fourth-order valence-corrected chi connectivity index (χ4v) is 3.92. The summed E-state index contributed by atoms with van der Waals surface area (Å²) in [7, 11) is 0. The molecule has 0 radical (unpaired) electrons. The summed E-state index contributed by atoms with van der Waals surface area (Å²) in [5.74, 6) is -0.148. The zero-order valence-corrected chi connectivity index (χ0v) is 14.9. The number of anilines is 1. The standard InChI is InChI=1S/C19H18N4OS/c1-3-15-18(25-22-21-15)19(24)20-12-9-10-17-14(11-12)13-7-5-6-8-16(13)23(17)4-2/h5-11H,3-4H2,1-2H3,(H,20,24). The monoisotopic (exact) mass is 350 g/mol. The van der Waals surface area contributed by atoms with E-state index < -0.39 is 0 Å². The van der Waals surface area contributed by atoms with Crippen LogP contribution in [-0.2, 0) is 13.0 Å². The number of carbonyl (C=O) groups is 1. The van der Waals surface area contributed by atoms with Gasteiger partial charge in [-0.05, 0) is 49.1 Å². The van der Waals surface area contributed by atoms with Gasteiger partial charge in [-0.3, -0.25) is 4.79 Å². The Bertz CT molecular complexity index is 1080. The maximum Gasteiger partial charge on any atom is 0.269 e. The first-order chi connectivity index (χ1) is 12.2. The van der Waals surface area contributed by atoms with Crippen LogP contribution in [0.5, 0.6) is 0 Å². The summed E-state index contributed by atoms with van der Waals surface area (Å²) in [6.45, 7) is 5.02. The van der Waals surface area contributed by atoms with Crippen molar-refractivity contribution in [3.63, 3.8) is 0 Å². The average Bonchev–Trinajstić information content (AvgIpc) is 3.23. The zero-order valence-electron chi connectivity index (χ0n) is 14.1. The molecule has 4 aromatic rings. The summed E-state index contributed by atoms with van der Waals surface area (Å²) in [6.07, 6.45) is 0.697. The second-order valence-corrected chi connectivity index (χ2v) is 6.60. The maximum absolute atomic E-state index is 12.5.